The summed E-state index contributed by atoms with van der Waals surface area (Å²) in [7, 11) is 0.763. The van der Waals surface area contributed by atoms with E-state index in [-0.39, 0.29) is 6.54 Å². The number of halogens is 2. The minimum atomic E-state index is -3.80. The minimum Gasteiger partial charge on any atom is -0.465 e. The summed E-state index contributed by atoms with van der Waals surface area (Å²) in [5.41, 5.74) is 0. The van der Waals surface area contributed by atoms with Crippen molar-refractivity contribution in [1.29, 1.82) is 0 Å². The topological polar surface area (TPSA) is 165 Å². The highest BCUT2D eigenvalue weighted by molar-refractivity contribution is 5.80. The van der Waals surface area contributed by atoms with E-state index in [9.17, 15) is 28.4 Å². The van der Waals surface area contributed by atoms with Crippen molar-refractivity contribution in [2.45, 2.75) is 56.3 Å². The molecule has 0 bridgehead atoms. The molecule has 0 spiro atoms. The molecule has 0 aromatic heterocycles. The second kappa shape index (κ2) is 11.1. The van der Waals surface area contributed by atoms with Crippen LogP contribution in [-0.2, 0) is 42.8 Å². The number of carbonyl (C=O) groups excluding carboxylic acids is 5. The molecule has 7 atom stereocenters. The van der Waals surface area contributed by atoms with Crippen LogP contribution in [0.1, 0.15) is 13.8 Å². The lowest BCUT2D eigenvalue weighted by molar-refractivity contribution is -0.287. The van der Waals surface area contributed by atoms with E-state index in [2.05, 4.69) is 21.9 Å². The van der Waals surface area contributed by atoms with E-state index >= 15 is 4.39 Å². The van der Waals surface area contributed by atoms with Crippen molar-refractivity contribution in [2.75, 3.05) is 20.3 Å². The molecular weight excluding hydrogens is 470 g/mol. The quantitative estimate of drug-likeness (QED) is 0.248. The molecule has 0 aromatic rings. The second-order valence-electron chi connectivity index (χ2n) is 7.15. The third kappa shape index (κ3) is 5.89. The van der Waals surface area contributed by atoms with Crippen molar-refractivity contribution >= 4 is 30.1 Å². The van der Waals surface area contributed by atoms with E-state index in [1.807, 2.05) is 0 Å². The first-order valence-electron chi connectivity index (χ1n) is 9.86. The number of hydrogen-bond acceptors (Lipinski definition) is 11. The maximum Gasteiger partial charge on any atom is 0.408 e. The summed E-state index contributed by atoms with van der Waals surface area (Å²) in [5, 5.41) is 4.43. The highest BCUT2D eigenvalue weighted by atomic mass is 19.2. The molecule has 2 aliphatic rings. The Morgan fingerprint density at radius 1 is 1.26 bits per heavy atom. The van der Waals surface area contributed by atoms with Gasteiger partial charge in [-0.15, -0.1) is 6.58 Å². The fourth-order valence-electron chi connectivity index (χ4n) is 3.36. The normalized spacial score (nSPS) is 29.3. The average Bonchev–Trinajstić information content (AvgIpc) is 3.17. The Balaban J connectivity index is 2.52. The lowest BCUT2D eigenvalue weighted by Crippen LogP contribution is -2.69. The van der Waals surface area contributed by atoms with Crippen LogP contribution in [0.25, 0.3) is 0 Å². The zero-order valence-electron chi connectivity index (χ0n) is 18.4. The third-order valence-electron chi connectivity index (χ3n) is 4.74. The predicted octanol–water partition coefficient (Wildman–Crippen LogP) is -0.185. The van der Waals surface area contributed by atoms with Crippen LogP contribution >= 0.6 is 0 Å². The Labute approximate surface area is 192 Å². The Bertz CT molecular complexity index is 841. The first-order chi connectivity index (χ1) is 15.9. The first-order valence-corrected chi connectivity index (χ1v) is 9.86. The molecule has 2 amide bonds. The highest BCUT2D eigenvalue weighted by Crippen LogP contribution is 2.40. The standard InChI is InChI=1S/C19H24F2N2O11/c1-5-6-22-17(27)32-12(10(31-9(3)25)7-30-8(2)24)13-11-14(33-18(28)23-11)15(20)19(21,34-13)16(26)29-4/h5,10-15H,1,6-7H2,2-4H3,(H,22,27)(H,23,28)/t10-,11?,12-,13?,14?,15?,19?/m1/s1. The smallest absolute Gasteiger partial charge is 0.408 e. The summed E-state index contributed by atoms with van der Waals surface area (Å²) in [6.07, 6.45) is -11.2. The first kappa shape index (κ1) is 26.8. The molecule has 0 aromatic carbocycles. The van der Waals surface area contributed by atoms with Gasteiger partial charge in [0.1, 0.15) is 18.8 Å². The number of ether oxygens (including phenoxy) is 6. The van der Waals surface area contributed by atoms with Crippen LogP contribution < -0.4 is 10.6 Å². The van der Waals surface area contributed by atoms with E-state index in [1.54, 1.807) is 0 Å². The zero-order chi connectivity index (χ0) is 25.6. The van der Waals surface area contributed by atoms with Gasteiger partial charge in [0.2, 0.25) is 6.17 Å². The molecule has 190 valence electrons. The summed E-state index contributed by atoms with van der Waals surface area (Å²) < 4.78 is 59.6. The second-order valence-corrected chi connectivity index (χ2v) is 7.15. The van der Waals surface area contributed by atoms with Gasteiger partial charge in [0.05, 0.1) is 7.11 Å². The van der Waals surface area contributed by atoms with Crippen molar-refractivity contribution in [3.8, 4) is 0 Å². The summed E-state index contributed by atoms with van der Waals surface area (Å²) in [4.78, 5) is 59.2. The van der Waals surface area contributed by atoms with Crippen molar-refractivity contribution in [1.82, 2.24) is 10.6 Å². The molecule has 2 heterocycles. The van der Waals surface area contributed by atoms with Crippen molar-refractivity contribution in [3.63, 3.8) is 0 Å². The summed E-state index contributed by atoms with van der Waals surface area (Å²) in [6, 6.07) is -1.52. The monoisotopic (exact) mass is 494 g/mol. The van der Waals surface area contributed by atoms with Crippen LogP contribution in [0.15, 0.2) is 12.7 Å². The number of nitrogens with one attached hydrogen (secondary N) is 2. The molecular formula is C19H24F2N2O11. The fraction of sp³-hybridized carbons (Fsp3) is 0.632. The number of alkyl halides is 2. The lowest BCUT2D eigenvalue weighted by atomic mass is 9.88. The van der Waals surface area contributed by atoms with Gasteiger partial charge in [0.25, 0.3) is 0 Å². The van der Waals surface area contributed by atoms with Gasteiger partial charge in [-0.3, -0.25) is 9.59 Å². The molecule has 0 aliphatic carbocycles. The summed E-state index contributed by atoms with van der Waals surface area (Å²) in [5.74, 6) is -7.34. The molecule has 5 unspecified atom stereocenters. The van der Waals surface area contributed by atoms with Gasteiger partial charge < -0.3 is 39.1 Å². The van der Waals surface area contributed by atoms with Gasteiger partial charge >= 0.3 is 35.9 Å². The molecule has 15 heteroatoms. The van der Waals surface area contributed by atoms with Gasteiger partial charge in [-0.1, -0.05) is 6.08 Å². The molecule has 2 rings (SSSR count). The molecule has 2 saturated heterocycles. The maximum absolute atomic E-state index is 15.5. The Hall–Kier alpha value is -3.49. The maximum atomic E-state index is 15.5. The Kier molecular flexibility index (Phi) is 8.73. The highest BCUT2D eigenvalue weighted by Gasteiger charge is 2.67. The summed E-state index contributed by atoms with van der Waals surface area (Å²) >= 11 is 0. The predicted molar refractivity (Wildman–Crippen MR) is 103 cm³/mol. The molecule has 34 heavy (non-hydrogen) atoms. The SMILES string of the molecule is C=CCNC(=O)O[C@@H](C1OC(F)(C(=O)OC)C(F)C2OC(=O)NC21)[C@@H](COC(C)=O)OC(C)=O. The van der Waals surface area contributed by atoms with Crippen LogP contribution in [0.4, 0.5) is 18.4 Å². The molecule has 0 radical (unpaired) electrons. The molecule has 13 nitrogen and oxygen atoms in total. The van der Waals surface area contributed by atoms with Crippen LogP contribution in [-0.4, -0.2) is 92.8 Å². The number of esters is 3. The van der Waals surface area contributed by atoms with Crippen LogP contribution in [0.2, 0.25) is 0 Å². The van der Waals surface area contributed by atoms with Crippen LogP contribution in [0, 0.1) is 0 Å². The summed E-state index contributed by atoms with van der Waals surface area (Å²) in [6.45, 7) is 4.63. The Morgan fingerprint density at radius 3 is 2.50 bits per heavy atom. The number of amides is 2. The van der Waals surface area contributed by atoms with Gasteiger partial charge in [-0.2, -0.15) is 4.39 Å². The minimum absolute atomic E-state index is 0.0765. The number of rotatable bonds is 9. The van der Waals surface area contributed by atoms with Gasteiger partial charge in [0, 0.05) is 20.4 Å². The van der Waals surface area contributed by atoms with E-state index < -0.39 is 79.2 Å². The molecule has 2 aliphatic heterocycles. The number of methoxy groups -OCH3 is 1. The van der Waals surface area contributed by atoms with E-state index in [4.69, 9.17) is 23.7 Å². The van der Waals surface area contributed by atoms with Gasteiger partial charge in [-0.25, -0.2) is 18.8 Å². The van der Waals surface area contributed by atoms with E-state index in [0.29, 0.717) is 0 Å². The number of fused-ring (bicyclic) bond motifs is 1. The molecule has 2 fully saturated rings. The fourth-order valence-corrected chi connectivity index (χ4v) is 3.36. The zero-order valence-corrected chi connectivity index (χ0v) is 18.4. The van der Waals surface area contributed by atoms with Crippen LogP contribution in [0.5, 0.6) is 0 Å². The number of alkyl carbamates (subject to hydrolysis) is 2. The number of carbonyl (C=O) groups is 5. The van der Waals surface area contributed by atoms with Crippen molar-refractivity contribution in [3.05, 3.63) is 12.7 Å². The van der Waals surface area contributed by atoms with Crippen molar-refractivity contribution in [2.24, 2.45) is 0 Å². The lowest BCUT2D eigenvalue weighted by Gasteiger charge is -2.44. The molecule has 0 saturated carbocycles. The number of hydrogen-bond donors (Lipinski definition) is 2. The largest absolute Gasteiger partial charge is 0.465 e. The van der Waals surface area contributed by atoms with Gasteiger partial charge in [0.15, 0.2) is 18.3 Å². The van der Waals surface area contributed by atoms with Crippen LogP contribution in [0.3, 0.4) is 0 Å². The van der Waals surface area contributed by atoms with Crippen molar-refractivity contribution < 1.29 is 61.2 Å². The average molecular weight is 494 g/mol. The van der Waals surface area contributed by atoms with Gasteiger partial charge in [-0.05, 0) is 0 Å². The van der Waals surface area contributed by atoms with E-state index in [0.717, 1.165) is 21.0 Å². The third-order valence-corrected chi connectivity index (χ3v) is 4.74. The Morgan fingerprint density at radius 2 is 1.94 bits per heavy atom. The molecule has 2 N–H and O–H groups in total. The van der Waals surface area contributed by atoms with E-state index in [1.165, 1.54) is 6.08 Å².